The van der Waals surface area contributed by atoms with Gasteiger partial charge in [0.15, 0.2) is 11.3 Å². The van der Waals surface area contributed by atoms with Crippen molar-refractivity contribution in [2.75, 3.05) is 32.1 Å². The standard InChI is InChI=1S/C22H22F3N5O3S/c1-13-9-14(11-15(10-13)28-21-26-5-3-17(29-21)22(23,24)25)16-12-27-19(34-16)20(31)30(2)6-4-18-32-7-8-33-18/h3,5,9-12,18H,4,6-8H2,1-2H3,(H,26,28,29). The summed E-state index contributed by atoms with van der Waals surface area (Å²) >= 11 is 1.24. The van der Waals surface area contributed by atoms with E-state index >= 15 is 0 Å². The predicted molar refractivity (Wildman–Crippen MR) is 120 cm³/mol. The number of anilines is 2. The number of ether oxygens (including phenoxy) is 2. The molecule has 1 saturated heterocycles. The number of benzene rings is 1. The number of carbonyl (C=O) groups excluding carboxylic acids is 1. The normalized spacial score (nSPS) is 14.4. The van der Waals surface area contributed by atoms with Crippen LogP contribution in [0.25, 0.3) is 10.4 Å². The first kappa shape index (κ1) is 24.0. The highest BCUT2D eigenvalue weighted by Crippen LogP contribution is 2.32. The molecule has 1 aliphatic heterocycles. The fraction of sp³-hybridized carbons (Fsp3) is 0.364. The van der Waals surface area contributed by atoms with Crippen molar-refractivity contribution in [1.29, 1.82) is 0 Å². The zero-order valence-electron chi connectivity index (χ0n) is 18.4. The molecule has 8 nitrogen and oxygen atoms in total. The minimum absolute atomic E-state index is 0.164. The minimum atomic E-state index is -4.56. The van der Waals surface area contributed by atoms with E-state index in [1.165, 1.54) is 11.3 Å². The lowest BCUT2D eigenvalue weighted by atomic mass is 10.1. The average Bonchev–Trinajstić information content (AvgIpc) is 3.48. The van der Waals surface area contributed by atoms with Gasteiger partial charge in [0.2, 0.25) is 5.95 Å². The Labute approximate surface area is 197 Å². The molecule has 0 radical (unpaired) electrons. The molecule has 2 aromatic heterocycles. The SMILES string of the molecule is Cc1cc(Nc2nccc(C(F)(F)F)n2)cc(-c2cnc(C(=O)N(C)CCC3OCCO3)s2)c1. The maximum absolute atomic E-state index is 12.9. The number of aryl methyl sites for hydroxylation is 1. The molecule has 0 saturated carbocycles. The van der Waals surface area contributed by atoms with Gasteiger partial charge in [-0.1, -0.05) is 6.07 Å². The molecule has 1 aliphatic rings. The summed E-state index contributed by atoms with van der Waals surface area (Å²) in [6, 6.07) is 6.23. The van der Waals surface area contributed by atoms with Gasteiger partial charge in [0.05, 0.1) is 18.1 Å². The third-order valence-electron chi connectivity index (χ3n) is 4.99. The fourth-order valence-electron chi connectivity index (χ4n) is 3.35. The summed E-state index contributed by atoms with van der Waals surface area (Å²) in [7, 11) is 1.70. The van der Waals surface area contributed by atoms with Crippen LogP contribution in [0.4, 0.5) is 24.8 Å². The molecule has 0 aliphatic carbocycles. The number of aromatic nitrogens is 3. The van der Waals surface area contributed by atoms with Crippen molar-refractivity contribution in [2.45, 2.75) is 25.8 Å². The molecule has 3 aromatic rings. The smallest absolute Gasteiger partial charge is 0.350 e. The Kier molecular flexibility index (Phi) is 7.10. The third kappa shape index (κ3) is 5.88. The van der Waals surface area contributed by atoms with Gasteiger partial charge in [-0.15, -0.1) is 11.3 Å². The Morgan fingerprint density at radius 1 is 1.24 bits per heavy atom. The molecule has 0 spiro atoms. The van der Waals surface area contributed by atoms with Crippen LogP contribution in [0.2, 0.25) is 0 Å². The number of thiazole rings is 1. The number of hydrogen-bond donors (Lipinski definition) is 1. The van der Waals surface area contributed by atoms with E-state index < -0.39 is 11.9 Å². The van der Waals surface area contributed by atoms with Gasteiger partial charge in [0, 0.05) is 38.1 Å². The molecule has 180 valence electrons. The predicted octanol–water partition coefficient (Wildman–Crippen LogP) is 4.51. The van der Waals surface area contributed by atoms with E-state index in [0.717, 1.165) is 28.3 Å². The largest absolute Gasteiger partial charge is 0.433 e. The van der Waals surface area contributed by atoms with Crippen molar-refractivity contribution in [1.82, 2.24) is 19.9 Å². The second kappa shape index (κ2) is 10.0. The monoisotopic (exact) mass is 493 g/mol. The molecule has 0 bridgehead atoms. The summed E-state index contributed by atoms with van der Waals surface area (Å²) in [6.07, 6.45) is -1.62. The quantitative estimate of drug-likeness (QED) is 0.518. The third-order valence-corrected chi connectivity index (χ3v) is 6.02. The fourth-order valence-corrected chi connectivity index (χ4v) is 4.25. The van der Waals surface area contributed by atoms with Crippen molar-refractivity contribution in [3.8, 4) is 10.4 Å². The summed E-state index contributed by atoms with van der Waals surface area (Å²) in [5.41, 5.74) is 1.12. The Balaban J connectivity index is 1.47. The number of hydrogen-bond acceptors (Lipinski definition) is 8. The molecule has 0 unspecified atom stereocenters. The van der Waals surface area contributed by atoms with E-state index in [1.54, 1.807) is 30.3 Å². The summed E-state index contributed by atoms with van der Waals surface area (Å²) in [5, 5.41) is 3.16. The van der Waals surface area contributed by atoms with Crippen LogP contribution in [0.3, 0.4) is 0 Å². The first-order valence-corrected chi connectivity index (χ1v) is 11.2. The van der Waals surface area contributed by atoms with E-state index in [2.05, 4.69) is 20.3 Å². The van der Waals surface area contributed by atoms with Gasteiger partial charge < -0.3 is 19.7 Å². The van der Waals surface area contributed by atoms with Crippen LogP contribution in [0.1, 0.15) is 27.5 Å². The zero-order valence-corrected chi connectivity index (χ0v) is 19.2. The van der Waals surface area contributed by atoms with Crippen LogP contribution in [-0.2, 0) is 15.7 Å². The van der Waals surface area contributed by atoms with E-state index in [0.29, 0.717) is 36.9 Å². The lowest BCUT2D eigenvalue weighted by molar-refractivity contribution is -0.141. The van der Waals surface area contributed by atoms with Gasteiger partial charge in [-0.3, -0.25) is 4.79 Å². The summed E-state index contributed by atoms with van der Waals surface area (Å²) in [4.78, 5) is 26.8. The number of nitrogens with one attached hydrogen (secondary N) is 1. The number of halogens is 3. The molecule has 1 aromatic carbocycles. The maximum atomic E-state index is 12.9. The molecule has 1 N–H and O–H groups in total. The second-order valence-corrected chi connectivity index (χ2v) is 8.72. The number of carbonyl (C=O) groups is 1. The first-order chi connectivity index (χ1) is 16.2. The zero-order chi connectivity index (χ0) is 24.3. The van der Waals surface area contributed by atoms with Gasteiger partial charge in [-0.05, 0) is 36.2 Å². The summed E-state index contributed by atoms with van der Waals surface area (Å²) < 4.78 is 49.6. The summed E-state index contributed by atoms with van der Waals surface area (Å²) in [6.45, 7) is 3.44. The van der Waals surface area contributed by atoms with Crippen LogP contribution in [-0.4, -0.2) is 58.9 Å². The van der Waals surface area contributed by atoms with E-state index in [4.69, 9.17) is 9.47 Å². The van der Waals surface area contributed by atoms with E-state index in [9.17, 15) is 18.0 Å². The van der Waals surface area contributed by atoms with Crippen molar-refractivity contribution < 1.29 is 27.4 Å². The highest BCUT2D eigenvalue weighted by atomic mass is 32.1. The van der Waals surface area contributed by atoms with Gasteiger partial charge in [0.25, 0.3) is 5.91 Å². The van der Waals surface area contributed by atoms with Crippen LogP contribution < -0.4 is 5.32 Å². The van der Waals surface area contributed by atoms with Crippen LogP contribution in [0.15, 0.2) is 36.7 Å². The molecule has 4 rings (SSSR count). The first-order valence-electron chi connectivity index (χ1n) is 10.4. The lowest BCUT2D eigenvalue weighted by Gasteiger charge is -2.17. The van der Waals surface area contributed by atoms with Crippen LogP contribution in [0.5, 0.6) is 0 Å². The number of nitrogens with zero attached hydrogens (tertiary/aromatic N) is 4. The molecular weight excluding hydrogens is 471 g/mol. The molecule has 34 heavy (non-hydrogen) atoms. The lowest BCUT2D eigenvalue weighted by Crippen LogP contribution is -2.30. The highest BCUT2D eigenvalue weighted by molar-refractivity contribution is 7.16. The number of rotatable bonds is 7. The van der Waals surface area contributed by atoms with Crippen LogP contribution >= 0.6 is 11.3 Å². The maximum Gasteiger partial charge on any atom is 0.433 e. The Morgan fingerprint density at radius 3 is 2.74 bits per heavy atom. The van der Waals surface area contributed by atoms with Gasteiger partial charge in [-0.2, -0.15) is 13.2 Å². The molecule has 3 heterocycles. The van der Waals surface area contributed by atoms with Gasteiger partial charge >= 0.3 is 6.18 Å². The molecule has 1 amide bonds. The van der Waals surface area contributed by atoms with Crippen molar-refractivity contribution in [3.63, 3.8) is 0 Å². The van der Waals surface area contributed by atoms with E-state index in [-0.39, 0.29) is 18.1 Å². The van der Waals surface area contributed by atoms with Crippen LogP contribution in [0, 0.1) is 6.92 Å². The topological polar surface area (TPSA) is 89.5 Å². The van der Waals surface area contributed by atoms with Crippen molar-refractivity contribution >= 4 is 28.9 Å². The molecule has 1 fully saturated rings. The van der Waals surface area contributed by atoms with Gasteiger partial charge in [0.1, 0.15) is 5.69 Å². The number of alkyl halides is 3. The minimum Gasteiger partial charge on any atom is -0.350 e. The van der Waals surface area contributed by atoms with Crippen molar-refractivity contribution in [3.05, 3.63) is 52.9 Å². The van der Waals surface area contributed by atoms with E-state index in [1.807, 2.05) is 13.0 Å². The summed E-state index contributed by atoms with van der Waals surface area (Å²) in [5.74, 6) is -0.374. The second-order valence-electron chi connectivity index (χ2n) is 7.69. The highest BCUT2D eigenvalue weighted by Gasteiger charge is 2.32. The Morgan fingerprint density at radius 2 is 2.00 bits per heavy atom. The van der Waals surface area contributed by atoms with Crippen molar-refractivity contribution in [2.24, 2.45) is 0 Å². The van der Waals surface area contributed by atoms with Gasteiger partial charge in [-0.25, -0.2) is 15.0 Å². The Bertz CT molecular complexity index is 1160. The average molecular weight is 494 g/mol. The molecular formula is C22H22F3N5O3S. The Hall–Kier alpha value is -3.09. The molecule has 12 heteroatoms. The number of amides is 1. The molecule has 0 atom stereocenters.